The molecule has 0 radical (unpaired) electrons. The van der Waals surface area contributed by atoms with Gasteiger partial charge in [0.2, 0.25) is 0 Å². The summed E-state index contributed by atoms with van der Waals surface area (Å²) in [5.74, 6) is -2.00. The van der Waals surface area contributed by atoms with E-state index in [2.05, 4.69) is 0 Å². The Morgan fingerprint density at radius 1 is 0.571 bits per heavy atom. The van der Waals surface area contributed by atoms with E-state index in [4.69, 9.17) is 0 Å². The van der Waals surface area contributed by atoms with Gasteiger partial charge in [-0.3, -0.25) is 9.59 Å². The van der Waals surface area contributed by atoms with Gasteiger partial charge in [0.15, 0.2) is 11.6 Å². The van der Waals surface area contributed by atoms with Crippen LogP contribution in [0.2, 0.25) is 0 Å². The molecule has 0 saturated carbocycles. The second-order valence-corrected chi connectivity index (χ2v) is 6.97. The third-order valence-electron chi connectivity index (χ3n) is 5.21. The number of benzene rings is 3. The first-order valence-electron chi connectivity index (χ1n) is 8.93. The van der Waals surface area contributed by atoms with Crippen LogP contribution in [-0.2, 0) is 0 Å². The lowest BCUT2D eigenvalue weighted by Gasteiger charge is -2.09. The lowest BCUT2D eigenvalue weighted by Crippen LogP contribution is -2.09. The molecule has 0 heterocycles. The van der Waals surface area contributed by atoms with Crippen molar-refractivity contribution in [3.05, 3.63) is 105 Å². The number of ketones is 2. The standard InChI is InChI=1S/C24H20F2O2/c1-13-5-11-19(21(25)15(13)3)23(27)17-7-9-18(10-8-17)24(28)20-12-6-14(2)16(4)22(20)26/h5-12H,1-4H3. The fraction of sp³-hybridized carbons (Fsp3) is 0.167. The molecule has 4 heteroatoms. The van der Waals surface area contributed by atoms with E-state index in [1.807, 2.05) is 0 Å². The van der Waals surface area contributed by atoms with Crippen molar-refractivity contribution < 1.29 is 18.4 Å². The van der Waals surface area contributed by atoms with E-state index < -0.39 is 23.2 Å². The van der Waals surface area contributed by atoms with Crippen LogP contribution in [0.5, 0.6) is 0 Å². The predicted octanol–water partition coefficient (Wildman–Crippen LogP) is 5.66. The second kappa shape index (κ2) is 7.47. The molecule has 142 valence electrons. The fourth-order valence-electron chi connectivity index (χ4n) is 3.00. The molecule has 0 bridgehead atoms. The summed E-state index contributed by atoms with van der Waals surface area (Å²) in [7, 11) is 0. The van der Waals surface area contributed by atoms with E-state index in [1.54, 1.807) is 39.8 Å². The summed E-state index contributed by atoms with van der Waals surface area (Å²) in [5.41, 5.74) is 2.91. The highest BCUT2D eigenvalue weighted by Gasteiger charge is 2.19. The maximum Gasteiger partial charge on any atom is 0.195 e. The summed E-state index contributed by atoms with van der Waals surface area (Å²) in [6, 6.07) is 12.2. The quantitative estimate of drug-likeness (QED) is 0.549. The molecule has 0 unspecified atom stereocenters. The van der Waals surface area contributed by atoms with Crippen molar-refractivity contribution in [1.29, 1.82) is 0 Å². The van der Waals surface area contributed by atoms with Crippen molar-refractivity contribution >= 4 is 11.6 Å². The third-order valence-corrected chi connectivity index (χ3v) is 5.21. The van der Waals surface area contributed by atoms with Crippen molar-refractivity contribution in [3.63, 3.8) is 0 Å². The molecule has 3 aromatic carbocycles. The Morgan fingerprint density at radius 2 is 0.893 bits per heavy atom. The molecule has 0 aromatic heterocycles. The molecule has 0 atom stereocenters. The number of carbonyl (C=O) groups is 2. The summed E-state index contributed by atoms with van der Waals surface area (Å²) < 4.78 is 28.9. The lowest BCUT2D eigenvalue weighted by atomic mass is 9.95. The van der Waals surface area contributed by atoms with Crippen LogP contribution >= 0.6 is 0 Å². The molecule has 3 rings (SSSR count). The molecular formula is C24H20F2O2. The Bertz CT molecular complexity index is 1010. The smallest absolute Gasteiger partial charge is 0.195 e. The van der Waals surface area contributed by atoms with E-state index >= 15 is 0 Å². The summed E-state index contributed by atoms with van der Waals surface area (Å²) in [5, 5.41) is 0. The SMILES string of the molecule is Cc1ccc(C(=O)c2ccc(C(=O)c3ccc(C)c(C)c3F)cc2)c(F)c1C. The van der Waals surface area contributed by atoms with Crippen molar-refractivity contribution in [2.45, 2.75) is 27.7 Å². The minimum Gasteiger partial charge on any atom is -0.288 e. The normalized spacial score (nSPS) is 10.8. The van der Waals surface area contributed by atoms with Gasteiger partial charge in [0, 0.05) is 11.1 Å². The highest BCUT2D eigenvalue weighted by atomic mass is 19.1. The Hall–Kier alpha value is -3.14. The molecule has 0 saturated heterocycles. The Labute approximate surface area is 162 Å². The molecule has 28 heavy (non-hydrogen) atoms. The van der Waals surface area contributed by atoms with Gasteiger partial charge in [-0.25, -0.2) is 8.78 Å². The number of hydrogen-bond donors (Lipinski definition) is 0. The maximum absolute atomic E-state index is 14.4. The lowest BCUT2D eigenvalue weighted by molar-refractivity contribution is 0.102. The molecule has 0 aliphatic heterocycles. The molecule has 0 fully saturated rings. The van der Waals surface area contributed by atoms with Crippen molar-refractivity contribution in [1.82, 2.24) is 0 Å². The van der Waals surface area contributed by atoms with Gasteiger partial charge >= 0.3 is 0 Å². The summed E-state index contributed by atoms with van der Waals surface area (Å²) in [4.78, 5) is 25.3. The molecular weight excluding hydrogens is 358 g/mol. The van der Waals surface area contributed by atoms with Crippen LogP contribution in [0.3, 0.4) is 0 Å². The number of hydrogen-bond acceptors (Lipinski definition) is 2. The zero-order chi connectivity index (χ0) is 20.6. The zero-order valence-corrected chi connectivity index (χ0v) is 16.2. The highest BCUT2D eigenvalue weighted by Crippen LogP contribution is 2.22. The predicted molar refractivity (Wildman–Crippen MR) is 105 cm³/mol. The average Bonchev–Trinajstić information content (AvgIpc) is 2.70. The molecule has 0 aliphatic rings. The molecule has 3 aromatic rings. The number of halogens is 2. The van der Waals surface area contributed by atoms with Crippen LogP contribution in [0.1, 0.15) is 54.1 Å². The number of aryl methyl sites for hydroxylation is 2. The molecule has 0 spiro atoms. The van der Waals surface area contributed by atoms with Gasteiger partial charge in [0.1, 0.15) is 11.6 Å². The molecule has 0 N–H and O–H groups in total. The van der Waals surface area contributed by atoms with Gasteiger partial charge in [0.05, 0.1) is 11.1 Å². The van der Waals surface area contributed by atoms with Crippen molar-refractivity contribution in [2.24, 2.45) is 0 Å². The Kier molecular flexibility index (Phi) is 5.23. The van der Waals surface area contributed by atoms with Crippen molar-refractivity contribution in [2.75, 3.05) is 0 Å². The average molecular weight is 378 g/mol. The van der Waals surface area contributed by atoms with Crippen LogP contribution in [0.15, 0.2) is 48.5 Å². The third kappa shape index (κ3) is 3.38. The number of rotatable bonds is 4. The van der Waals surface area contributed by atoms with Crippen LogP contribution in [0.25, 0.3) is 0 Å². The largest absolute Gasteiger partial charge is 0.288 e. The summed E-state index contributed by atoms with van der Waals surface area (Å²) in [6.07, 6.45) is 0. The van der Waals surface area contributed by atoms with Gasteiger partial charge in [-0.05, 0) is 62.1 Å². The minimum absolute atomic E-state index is 0.0117. The summed E-state index contributed by atoms with van der Waals surface area (Å²) in [6.45, 7) is 6.81. The van der Waals surface area contributed by atoms with E-state index in [0.29, 0.717) is 11.1 Å². The van der Waals surface area contributed by atoms with E-state index in [1.165, 1.54) is 36.4 Å². The highest BCUT2D eigenvalue weighted by molar-refractivity contribution is 6.12. The topological polar surface area (TPSA) is 34.1 Å². The molecule has 0 amide bonds. The van der Waals surface area contributed by atoms with Gasteiger partial charge in [-0.1, -0.05) is 36.4 Å². The van der Waals surface area contributed by atoms with Crippen molar-refractivity contribution in [3.8, 4) is 0 Å². The van der Waals surface area contributed by atoms with E-state index in [9.17, 15) is 18.4 Å². The van der Waals surface area contributed by atoms with Crippen LogP contribution in [0, 0.1) is 39.3 Å². The van der Waals surface area contributed by atoms with Gasteiger partial charge in [-0.15, -0.1) is 0 Å². The van der Waals surface area contributed by atoms with Crippen LogP contribution < -0.4 is 0 Å². The Balaban J connectivity index is 1.92. The number of carbonyl (C=O) groups excluding carboxylic acids is 2. The first kappa shape index (κ1) is 19.6. The second-order valence-electron chi connectivity index (χ2n) is 6.97. The Morgan fingerprint density at radius 3 is 1.21 bits per heavy atom. The van der Waals surface area contributed by atoms with Gasteiger partial charge in [0.25, 0.3) is 0 Å². The maximum atomic E-state index is 14.4. The molecule has 0 aliphatic carbocycles. The van der Waals surface area contributed by atoms with Crippen LogP contribution in [0.4, 0.5) is 8.78 Å². The fourth-order valence-corrected chi connectivity index (χ4v) is 3.00. The van der Waals surface area contributed by atoms with E-state index in [-0.39, 0.29) is 22.3 Å². The van der Waals surface area contributed by atoms with Gasteiger partial charge in [-0.2, -0.15) is 0 Å². The zero-order valence-electron chi connectivity index (χ0n) is 16.2. The van der Waals surface area contributed by atoms with E-state index in [0.717, 1.165) is 11.1 Å². The summed E-state index contributed by atoms with van der Waals surface area (Å²) >= 11 is 0. The molecule has 2 nitrogen and oxygen atoms in total. The first-order chi connectivity index (χ1) is 13.2. The van der Waals surface area contributed by atoms with Crippen LogP contribution in [-0.4, -0.2) is 11.6 Å². The monoisotopic (exact) mass is 378 g/mol. The van der Waals surface area contributed by atoms with Gasteiger partial charge < -0.3 is 0 Å². The minimum atomic E-state index is -0.539. The first-order valence-corrected chi connectivity index (χ1v) is 8.93.